The molecule has 3 nitrogen and oxygen atoms in total. The summed E-state index contributed by atoms with van der Waals surface area (Å²) in [5, 5.41) is 0. The maximum Gasteiger partial charge on any atom is 0.330 e. The lowest BCUT2D eigenvalue weighted by atomic mass is 9.84. The van der Waals surface area contributed by atoms with Crippen molar-refractivity contribution in [2.45, 2.75) is 45.4 Å². The number of ether oxygens (including phenoxy) is 1. The normalized spacial score (nSPS) is 18.2. The van der Waals surface area contributed by atoms with Crippen LogP contribution in [0.5, 0.6) is 0 Å². The standard InChI is InChI=1S/C13H20O3/c1-10(9-13(15)16-2)8-12(14)11-6-4-3-5-7-11/h9,11H,3-8H2,1-2H3. The highest BCUT2D eigenvalue weighted by Crippen LogP contribution is 2.26. The van der Waals surface area contributed by atoms with Crippen LogP contribution in [-0.4, -0.2) is 18.9 Å². The molecule has 0 heterocycles. The summed E-state index contributed by atoms with van der Waals surface area (Å²) in [6.07, 6.45) is 7.41. The minimum absolute atomic E-state index is 0.217. The topological polar surface area (TPSA) is 43.4 Å². The van der Waals surface area contributed by atoms with Crippen LogP contribution in [0.25, 0.3) is 0 Å². The molecule has 0 aliphatic heterocycles. The number of rotatable bonds is 4. The Labute approximate surface area is 96.9 Å². The molecule has 0 N–H and O–H groups in total. The molecule has 0 spiro atoms. The van der Waals surface area contributed by atoms with Gasteiger partial charge in [0.15, 0.2) is 0 Å². The highest BCUT2D eigenvalue weighted by Gasteiger charge is 2.20. The summed E-state index contributed by atoms with van der Waals surface area (Å²) in [6.45, 7) is 1.80. The van der Waals surface area contributed by atoms with Gasteiger partial charge in [0.25, 0.3) is 0 Å². The maximum absolute atomic E-state index is 11.9. The minimum Gasteiger partial charge on any atom is -0.466 e. The van der Waals surface area contributed by atoms with E-state index in [0.29, 0.717) is 6.42 Å². The van der Waals surface area contributed by atoms with Crippen molar-refractivity contribution in [3.05, 3.63) is 11.6 Å². The predicted octanol–water partition coefficient (Wildman–Crippen LogP) is 2.65. The van der Waals surface area contributed by atoms with E-state index in [-0.39, 0.29) is 17.7 Å². The first-order valence-corrected chi connectivity index (χ1v) is 5.91. The number of ketones is 1. The smallest absolute Gasteiger partial charge is 0.330 e. The lowest BCUT2D eigenvalue weighted by molar-refractivity contribution is -0.134. The van der Waals surface area contributed by atoms with Crippen LogP contribution >= 0.6 is 0 Å². The van der Waals surface area contributed by atoms with Crippen LogP contribution in [0.3, 0.4) is 0 Å². The Morgan fingerprint density at radius 2 is 1.88 bits per heavy atom. The molecule has 1 aliphatic rings. The Hall–Kier alpha value is -1.12. The van der Waals surface area contributed by atoms with Crippen LogP contribution in [0.1, 0.15) is 45.4 Å². The molecule has 1 aliphatic carbocycles. The quantitative estimate of drug-likeness (QED) is 0.544. The predicted molar refractivity (Wildman–Crippen MR) is 62.0 cm³/mol. The maximum atomic E-state index is 11.9. The van der Waals surface area contributed by atoms with Crippen molar-refractivity contribution in [3.63, 3.8) is 0 Å². The van der Waals surface area contributed by atoms with Crippen LogP contribution in [0.15, 0.2) is 11.6 Å². The summed E-state index contributed by atoms with van der Waals surface area (Å²) in [5.41, 5.74) is 0.794. The molecule has 0 aromatic rings. The fourth-order valence-electron chi connectivity index (χ4n) is 2.15. The van der Waals surface area contributed by atoms with E-state index in [9.17, 15) is 9.59 Å². The molecule has 0 atom stereocenters. The minimum atomic E-state index is -0.381. The lowest BCUT2D eigenvalue weighted by Gasteiger charge is -2.20. The van der Waals surface area contributed by atoms with Crippen LogP contribution in [0, 0.1) is 5.92 Å². The van der Waals surface area contributed by atoms with E-state index in [1.54, 1.807) is 6.92 Å². The highest BCUT2D eigenvalue weighted by molar-refractivity contribution is 5.87. The molecule has 0 aromatic heterocycles. The van der Waals surface area contributed by atoms with Gasteiger partial charge >= 0.3 is 5.97 Å². The monoisotopic (exact) mass is 224 g/mol. The molecule has 0 saturated heterocycles. The van der Waals surface area contributed by atoms with E-state index in [4.69, 9.17) is 0 Å². The van der Waals surface area contributed by atoms with Gasteiger partial charge in [-0.05, 0) is 19.8 Å². The Morgan fingerprint density at radius 1 is 1.25 bits per heavy atom. The zero-order chi connectivity index (χ0) is 12.0. The molecule has 0 bridgehead atoms. The van der Waals surface area contributed by atoms with Gasteiger partial charge in [-0.25, -0.2) is 4.79 Å². The molecule has 1 saturated carbocycles. The second kappa shape index (κ2) is 6.46. The summed E-state index contributed by atoms with van der Waals surface area (Å²) < 4.78 is 4.52. The zero-order valence-electron chi connectivity index (χ0n) is 10.1. The van der Waals surface area contributed by atoms with E-state index >= 15 is 0 Å². The van der Waals surface area contributed by atoms with Gasteiger partial charge in [-0.3, -0.25) is 4.79 Å². The van der Waals surface area contributed by atoms with E-state index in [1.165, 1.54) is 19.6 Å². The number of allylic oxidation sites excluding steroid dienone is 1. The van der Waals surface area contributed by atoms with Gasteiger partial charge in [0.1, 0.15) is 5.78 Å². The van der Waals surface area contributed by atoms with Gasteiger partial charge in [-0.1, -0.05) is 24.8 Å². The Bertz CT molecular complexity index is 286. The molecule has 1 rings (SSSR count). The summed E-state index contributed by atoms with van der Waals surface area (Å²) in [6, 6.07) is 0. The van der Waals surface area contributed by atoms with Crippen LogP contribution in [0.2, 0.25) is 0 Å². The molecule has 1 fully saturated rings. The van der Waals surface area contributed by atoms with Crippen molar-refractivity contribution in [3.8, 4) is 0 Å². The SMILES string of the molecule is COC(=O)C=C(C)CC(=O)C1CCCCC1. The highest BCUT2D eigenvalue weighted by atomic mass is 16.5. The third-order valence-electron chi connectivity index (χ3n) is 3.08. The van der Waals surface area contributed by atoms with Crippen molar-refractivity contribution >= 4 is 11.8 Å². The van der Waals surface area contributed by atoms with Gasteiger partial charge in [0.2, 0.25) is 0 Å². The average Bonchev–Trinajstić information content (AvgIpc) is 2.29. The Morgan fingerprint density at radius 3 is 2.44 bits per heavy atom. The first kappa shape index (κ1) is 12.9. The molecule has 0 radical (unpaired) electrons. The van der Waals surface area contributed by atoms with Crippen LogP contribution in [0.4, 0.5) is 0 Å². The molecule has 90 valence electrons. The Balaban J connectivity index is 2.43. The van der Waals surface area contributed by atoms with Gasteiger partial charge in [-0.15, -0.1) is 0 Å². The lowest BCUT2D eigenvalue weighted by Crippen LogP contribution is -2.17. The van der Waals surface area contributed by atoms with Crippen LogP contribution < -0.4 is 0 Å². The molecule has 16 heavy (non-hydrogen) atoms. The van der Waals surface area contributed by atoms with E-state index in [2.05, 4.69) is 4.74 Å². The molecular weight excluding hydrogens is 204 g/mol. The van der Waals surface area contributed by atoms with Gasteiger partial charge in [-0.2, -0.15) is 0 Å². The van der Waals surface area contributed by atoms with E-state index in [1.807, 2.05) is 0 Å². The van der Waals surface area contributed by atoms with Crippen molar-refractivity contribution in [1.29, 1.82) is 0 Å². The van der Waals surface area contributed by atoms with Gasteiger partial charge < -0.3 is 4.74 Å². The average molecular weight is 224 g/mol. The summed E-state index contributed by atoms with van der Waals surface area (Å²) >= 11 is 0. The largest absolute Gasteiger partial charge is 0.466 e. The molecule has 0 amide bonds. The van der Waals surface area contributed by atoms with E-state index in [0.717, 1.165) is 31.3 Å². The number of esters is 1. The number of methoxy groups -OCH3 is 1. The molecule has 0 aromatic carbocycles. The summed E-state index contributed by atoms with van der Waals surface area (Å²) in [4.78, 5) is 22.9. The number of Topliss-reactive ketones (excluding diaryl/α,β-unsaturated/α-hetero) is 1. The second-order valence-electron chi connectivity index (χ2n) is 4.49. The third kappa shape index (κ3) is 4.17. The second-order valence-corrected chi connectivity index (χ2v) is 4.49. The first-order valence-electron chi connectivity index (χ1n) is 5.91. The van der Waals surface area contributed by atoms with Gasteiger partial charge in [0, 0.05) is 18.4 Å². The fourth-order valence-corrected chi connectivity index (χ4v) is 2.15. The van der Waals surface area contributed by atoms with Gasteiger partial charge in [0.05, 0.1) is 7.11 Å². The Kier molecular flexibility index (Phi) is 5.23. The third-order valence-corrected chi connectivity index (χ3v) is 3.08. The van der Waals surface area contributed by atoms with Crippen LogP contribution in [-0.2, 0) is 14.3 Å². The number of carbonyl (C=O) groups excluding carboxylic acids is 2. The fraction of sp³-hybridized carbons (Fsp3) is 0.692. The number of hydrogen-bond acceptors (Lipinski definition) is 3. The number of carbonyl (C=O) groups is 2. The summed E-state index contributed by atoms with van der Waals surface area (Å²) in [5.74, 6) is 0.112. The van der Waals surface area contributed by atoms with E-state index < -0.39 is 0 Å². The van der Waals surface area contributed by atoms with Crippen molar-refractivity contribution < 1.29 is 14.3 Å². The van der Waals surface area contributed by atoms with Crippen molar-refractivity contribution in [1.82, 2.24) is 0 Å². The number of hydrogen-bond donors (Lipinski definition) is 0. The molecule has 0 unspecified atom stereocenters. The molecule has 3 heteroatoms. The van der Waals surface area contributed by atoms with Crippen molar-refractivity contribution in [2.24, 2.45) is 5.92 Å². The van der Waals surface area contributed by atoms with Crippen molar-refractivity contribution in [2.75, 3.05) is 7.11 Å². The zero-order valence-corrected chi connectivity index (χ0v) is 10.1. The molecular formula is C13H20O3. The summed E-state index contributed by atoms with van der Waals surface area (Å²) in [7, 11) is 1.34. The first-order chi connectivity index (χ1) is 7.63.